The van der Waals surface area contributed by atoms with Crippen LogP contribution in [0.4, 0.5) is 0 Å². The molecule has 2 heterocycles. The summed E-state index contributed by atoms with van der Waals surface area (Å²) in [4.78, 5) is 13.4. The summed E-state index contributed by atoms with van der Waals surface area (Å²) in [6.45, 7) is 0.717. The van der Waals surface area contributed by atoms with Crippen molar-refractivity contribution in [2.24, 2.45) is 0 Å². The van der Waals surface area contributed by atoms with Gasteiger partial charge in [0.05, 0.1) is 6.04 Å². The third kappa shape index (κ3) is 2.40. The number of fused-ring (bicyclic) bond motifs is 1. The number of amides is 1. The van der Waals surface area contributed by atoms with Gasteiger partial charge < -0.3 is 10.1 Å². The molecule has 0 bridgehead atoms. The van der Waals surface area contributed by atoms with Crippen LogP contribution >= 0.6 is 11.8 Å². The highest BCUT2D eigenvalue weighted by atomic mass is 32.2. The van der Waals surface area contributed by atoms with Crippen LogP contribution in [0.3, 0.4) is 0 Å². The second-order valence-electron chi connectivity index (χ2n) is 4.74. The fourth-order valence-corrected chi connectivity index (χ4v) is 3.67. The molecule has 0 radical (unpaired) electrons. The molecule has 2 aliphatic rings. The summed E-state index contributed by atoms with van der Waals surface area (Å²) in [5, 5.41) is 3.14. The van der Waals surface area contributed by atoms with Crippen molar-refractivity contribution in [2.75, 3.05) is 12.4 Å². The van der Waals surface area contributed by atoms with Gasteiger partial charge in [-0.25, -0.2) is 0 Å². The van der Waals surface area contributed by atoms with E-state index in [4.69, 9.17) is 4.74 Å². The highest BCUT2D eigenvalue weighted by Gasteiger charge is 2.28. The first-order chi connectivity index (χ1) is 8.84. The topological polar surface area (TPSA) is 38.3 Å². The molecule has 3 rings (SSSR count). The molecular formula is C14H17NO2S. The van der Waals surface area contributed by atoms with E-state index >= 15 is 0 Å². The van der Waals surface area contributed by atoms with E-state index in [-0.39, 0.29) is 18.1 Å². The molecule has 0 aliphatic carbocycles. The lowest BCUT2D eigenvalue weighted by Gasteiger charge is -2.26. The predicted molar refractivity (Wildman–Crippen MR) is 71.6 cm³/mol. The van der Waals surface area contributed by atoms with E-state index < -0.39 is 0 Å². The molecule has 2 atom stereocenters. The van der Waals surface area contributed by atoms with Gasteiger partial charge in [0.2, 0.25) is 5.91 Å². The Kier molecular flexibility index (Phi) is 3.57. The summed E-state index contributed by atoms with van der Waals surface area (Å²) in [5.41, 5.74) is 1.25. The monoisotopic (exact) mass is 263 g/mol. The van der Waals surface area contributed by atoms with Crippen molar-refractivity contribution in [3.63, 3.8) is 0 Å². The smallest absolute Gasteiger partial charge is 0.249 e. The van der Waals surface area contributed by atoms with Gasteiger partial charge in [0.25, 0.3) is 0 Å². The molecule has 3 nitrogen and oxygen atoms in total. The Bertz CT molecular complexity index is 443. The van der Waals surface area contributed by atoms with Gasteiger partial charge >= 0.3 is 0 Å². The Morgan fingerprint density at radius 3 is 3.06 bits per heavy atom. The standard InChI is InChI=1S/C14H17NO2S/c16-14(12-5-3-8-17-12)15-11-7-9-18-13-6-2-1-4-10(11)13/h1-2,4,6,11-12H,3,5,7-9H2,(H,15,16)/t11-,12+/m1/s1. The number of carbonyl (C=O) groups excluding carboxylic acids is 1. The number of thioether (sulfide) groups is 1. The fourth-order valence-electron chi connectivity index (χ4n) is 2.54. The third-order valence-electron chi connectivity index (χ3n) is 3.50. The largest absolute Gasteiger partial charge is 0.368 e. The van der Waals surface area contributed by atoms with Crippen LogP contribution in [-0.2, 0) is 9.53 Å². The summed E-state index contributed by atoms with van der Waals surface area (Å²) >= 11 is 1.87. The van der Waals surface area contributed by atoms with Crippen LogP contribution in [0, 0.1) is 0 Å². The highest BCUT2D eigenvalue weighted by molar-refractivity contribution is 7.99. The Morgan fingerprint density at radius 1 is 1.33 bits per heavy atom. The van der Waals surface area contributed by atoms with Gasteiger partial charge in [-0.3, -0.25) is 4.79 Å². The Morgan fingerprint density at radius 2 is 2.22 bits per heavy atom. The number of hydrogen-bond acceptors (Lipinski definition) is 3. The summed E-state index contributed by atoms with van der Waals surface area (Å²) < 4.78 is 5.43. The maximum Gasteiger partial charge on any atom is 0.249 e. The van der Waals surface area contributed by atoms with Gasteiger partial charge in [0.1, 0.15) is 6.10 Å². The summed E-state index contributed by atoms with van der Waals surface area (Å²) in [7, 11) is 0. The van der Waals surface area contributed by atoms with Gasteiger partial charge in [-0.2, -0.15) is 0 Å². The fraction of sp³-hybridized carbons (Fsp3) is 0.500. The molecule has 0 saturated carbocycles. The number of ether oxygens (including phenoxy) is 1. The number of benzene rings is 1. The van der Waals surface area contributed by atoms with Crippen molar-refractivity contribution in [1.29, 1.82) is 0 Å². The van der Waals surface area contributed by atoms with Crippen molar-refractivity contribution in [1.82, 2.24) is 5.32 Å². The molecule has 1 fully saturated rings. The molecule has 1 aromatic rings. The summed E-state index contributed by atoms with van der Waals surface area (Å²) in [5.74, 6) is 1.12. The zero-order chi connectivity index (χ0) is 12.4. The van der Waals surface area contributed by atoms with E-state index in [9.17, 15) is 4.79 Å². The van der Waals surface area contributed by atoms with E-state index in [0.717, 1.165) is 31.6 Å². The van der Waals surface area contributed by atoms with Gasteiger partial charge in [-0.05, 0) is 30.9 Å². The molecule has 2 aliphatic heterocycles. The minimum atomic E-state index is -0.230. The highest BCUT2D eigenvalue weighted by Crippen LogP contribution is 2.35. The average molecular weight is 263 g/mol. The van der Waals surface area contributed by atoms with Gasteiger partial charge in [-0.15, -0.1) is 11.8 Å². The first-order valence-electron chi connectivity index (χ1n) is 6.48. The number of nitrogens with one attached hydrogen (secondary N) is 1. The maximum absolute atomic E-state index is 12.1. The van der Waals surface area contributed by atoms with E-state index in [1.165, 1.54) is 10.5 Å². The van der Waals surface area contributed by atoms with Crippen molar-refractivity contribution in [2.45, 2.75) is 36.3 Å². The second-order valence-corrected chi connectivity index (χ2v) is 5.87. The van der Waals surface area contributed by atoms with Crippen LogP contribution in [0.5, 0.6) is 0 Å². The van der Waals surface area contributed by atoms with Crippen LogP contribution in [0.15, 0.2) is 29.2 Å². The lowest BCUT2D eigenvalue weighted by molar-refractivity contribution is -0.130. The maximum atomic E-state index is 12.1. The van der Waals surface area contributed by atoms with Crippen LogP contribution in [0.25, 0.3) is 0 Å². The van der Waals surface area contributed by atoms with Gasteiger partial charge in [-0.1, -0.05) is 18.2 Å². The van der Waals surface area contributed by atoms with Crippen LogP contribution < -0.4 is 5.32 Å². The minimum absolute atomic E-state index is 0.0548. The quantitative estimate of drug-likeness (QED) is 0.891. The Balaban J connectivity index is 1.72. The first kappa shape index (κ1) is 12.1. The van der Waals surface area contributed by atoms with Crippen LogP contribution in [0.1, 0.15) is 30.9 Å². The molecular weight excluding hydrogens is 246 g/mol. The average Bonchev–Trinajstić information content (AvgIpc) is 2.93. The molecule has 1 aromatic carbocycles. The summed E-state index contributed by atoms with van der Waals surface area (Å²) in [6.07, 6.45) is 2.62. The van der Waals surface area contributed by atoms with Crippen molar-refractivity contribution < 1.29 is 9.53 Å². The van der Waals surface area contributed by atoms with Crippen molar-refractivity contribution in [3.8, 4) is 0 Å². The van der Waals surface area contributed by atoms with Crippen molar-refractivity contribution >= 4 is 17.7 Å². The van der Waals surface area contributed by atoms with E-state index in [2.05, 4.69) is 23.5 Å². The Hall–Kier alpha value is -1.00. The predicted octanol–water partition coefficient (Wildman–Crippen LogP) is 2.52. The minimum Gasteiger partial charge on any atom is -0.368 e. The van der Waals surface area contributed by atoms with Crippen LogP contribution in [-0.4, -0.2) is 24.4 Å². The number of rotatable bonds is 2. The van der Waals surface area contributed by atoms with E-state index in [1.54, 1.807) is 0 Å². The first-order valence-corrected chi connectivity index (χ1v) is 7.47. The molecule has 1 N–H and O–H groups in total. The van der Waals surface area contributed by atoms with Crippen LogP contribution in [0.2, 0.25) is 0 Å². The molecule has 18 heavy (non-hydrogen) atoms. The zero-order valence-electron chi connectivity index (χ0n) is 10.2. The molecule has 1 amide bonds. The SMILES string of the molecule is O=C(N[C@@H]1CCSc2ccccc21)[C@@H]1CCCO1. The third-order valence-corrected chi connectivity index (χ3v) is 4.62. The lowest BCUT2D eigenvalue weighted by Crippen LogP contribution is -2.37. The Labute approximate surface area is 111 Å². The molecule has 0 aromatic heterocycles. The summed E-state index contributed by atoms with van der Waals surface area (Å²) in [6, 6.07) is 8.48. The number of carbonyl (C=O) groups is 1. The van der Waals surface area contributed by atoms with Crippen molar-refractivity contribution in [3.05, 3.63) is 29.8 Å². The van der Waals surface area contributed by atoms with E-state index in [0.29, 0.717) is 0 Å². The molecule has 1 saturated heterocycles. The molecule has 0 unspecified atom stereocenters. The zero-order valence-corrected chi connectivity index (χ0v) is 11.0. The van der Waals surface area contributed by atoms with Gasteiger partial charge in [0.15, 0.2) is 0 Å². The molecule has 96 valence electrons. The normalized spacial score (nSPS) is 26.7. The second kappa shape index (κ2) is 5.33. The lowest BCUT2D eigenvalue weighted by atomic mass is 10.0. The molecule has 4 heteroatoms. The van der Waals surface area contributed by atoms with E-state index in [1.807, 2.05) is 17.8 Å². The number of hydrogen-bond donors (Lipinski definition) is 1. The van der Waals surface area contributed by atoms with Gasteiger partial charge in [0, 0.05) is 17.3 Å². The molecule has 0 spiro atoms.